The van der Waals surface area contributed by atoms with Gasteiger partial charge in [0.1, 0.15) is 5.82 Å². The normalized spacial score (nSPS) is 10.8. The van der Waals surface area contributed by atoms with Gasteiger partial charge >= 0.3 is 0 Å². The molecule has 2 N–H and O–H groups in total. The Hall–Kier alpha value is -2.44. The number of nitrogens with zero attached hydrogens (tertiary/aromatic N) is 1. The molecule has 0 spiro atoms. The minimum absolute atomic E-state index is 0.0735. The molecule has 0 saturated carbocycles. The second-order valence-corrected chi connectivity index (χ2v) is 7.10. The van der Waals surface area contributed by atoms with E-state index >= 15 is 0 Å². The number of likely N-dealkylation sites (N-methyl/N-ethyl adjacent to an activating group) is 1. The van der Waals surface area contributed by atoms with Gasteiger partial charge in [-0.2, -0.15) is 0 Å². The third-order valence-electron chi connectivity index (χ3n) is 4.28. The molecule has 2 aromatic rings. The van der Waals surface area contributed by atoms with Crippen LogP contribution in [0.15, 0.2) is 36.4 Å². The van der Waals surface area contributed by atoms with Crippen LogP contribution in [-0.4, -0.2) is 36.3 Å². The van der Waals surface area contributed by atoms with Crippen molar-refractivity contribution < 1.29 is 14.0 Å². The minimum atomic E-state index is -0.317. The Balaban J connectivity index is 1.86. The highest BCUT2D eigenvalue weighted by Gasteiger charge is 2.15. The molecule has 0 bridgehead atoms. The summed E-state index contributed by atoms with van der Waals surface area (Å²) in [6.45, 7) is 6.71. The van der Waals surface area contributed by atoms with Crippen LogP contribution in [0.3, 0.4) is 0 Å². The lowest BCUT2D eigenvalue weighted by atomic mass is 10.1. The molecule has 0 aromatic heterocycles. The largest absolute Gasteiger partial charge is 0.351 e. The average Bonchev–Trinajstić information content (AvgIpc) is 2.63. The molecule has 7 heteroatoms. The number of benzene rings is 2. The van der Waals surface area contributed by atoms with Crippen molar-refractivity contribution in [2.45, 2.75) is 27.3 Å². The van der Waals surface area contributed by atoms with E-state index in [9.17, 15) is 14.0 Å². The monoisotopic (exact) mass is 405 g/mol. The molecule has 0 heterocycles. The maximum Gasteiger partial charge on any atom is 0.238 e. The molecule has 0 unspecified atom stereocenters. The van der Waals surface area contributed by atoms with Crippen LogP contribution in [0.1, 0.15) is 23.6 Å². The molecular formula is C21H25ClFN3O2. The SMILES string of the molecule is CCN(CC(=O)NCc1ccc(F)cc1)CC(=O)Nc1c(C)cc(C)cc1Cl. The molecule has 0 aliphatic rings. The number of carbonyl (C=O) groups is 2. The zero-order valence-corrected chi connectivity index (χ0v) is 17.1. The lowest BCUT2D eigenvalue weighted by Crippen LogP contribution is -2.40. The predicted molar refractivity (Wildman–Crippen MR) is 110 cm³/mol. The summed E-state index contributed by atoms with van der Waals surface area (Å²) in [5.41, 5.74) is 3.31. The molecule has 0 aliphatic carbocycles. The topological polar surface area (TPSA) is 61.4 Å². The standard InChI is InChI=1S/C21H25ClFN3O2/c1-4-26(12-19(27)24-11-16-5-7-17(23)8-6-16)13-20(28)25-21-15(3)9-14(2)10-18(21)22/h5-10H,4,11-13H2,1-3H3,(H,24,27)(H,25,28). The van der Waals surface area contributed by atoms with Crippen LogP contribution in [-0.2, 0) is 16.1 Å². The third-order valence-corrected chi connectivity index (χ3v) is 4.58. The number of anilines is 1. The first kappa shape index (κ1) is 21.9. The third kappa shape index (κ3) is 6.62. The van der Waals surface area contributed by atoms with Crippen molar-refractivity contribution in [3.63, 3.8) is 0 Å². The molecule has 0 radical (unpaired) electrons. The summed E-state index contributed by atoms with van der Waals surface area (Å²) in [5, 5.41) is 6.09. The van der Waals surface area contributed by atoms with Crippen LogP contribution in [0.25, 0.3) is 0 Å². The van der Waals surface area contributed by atoms with Crippen molar-refractivity contribution in [2.75, 3.05) is 25.0 Å². The lowest BCUT2D eigenvalue weighted by molar-refractivity contribution is -0.123. The summed E-state index contributed by atoms with van der Waals surface area (Å²) in [5.74, 6) is -0.757. The summed E-state index contributed by atoms with van der Waals surface area (Å²) in [4.78, 5) is 26.3. The first-order valence-corrected chi connectivity index (χ1v) is 9.46. The van der Waals surface area contributed by atoms with Crippen molar-refractivity contribution in [1.82, 2.24) is 10.2 Å². The van der Waals surface area contributed by atoms with E-state index in [1.807, 2.05) is 26.8 Å². The fraction of sp³-hybridized carbons (Fsp3) is 0.333. The highest BCUT2D eigenvalue weighted by Crippen LogP contribution is 2.27. The van der Waals surface area contributed by atoms with Crippen LogP contribution < -0.4 is 10.6 Å². The van der Waals surface area contributed by atoms with Gasteiger partial charge < -0.3 is 10.6 Å². The van der Waals surface area contributed by atoms with Crippen LogP contribution in [0.4, 0.5) is 10.1 Å². The van der Waals surface area contributed by atoms with E-state index in [-0.39, 0.29) is 30.7 Å². The van der Waals surface area contributed by atoms with Crippen molar-refractivity contribution in [1.29, 1.82) is 0 Å². The van der Waals surface area contributed by atoms with Gasteiger partial charge in [-0.05, 0) is 55.3 Å². The predicted octanol–water partition coefficient (Wildman–Crippen LogP) is 3.67. The van der Waals surface area contributed by atoms with Gasteiger partial charge in [-0.15, -0.1) is 0 Å². The lowest BCUT2D eigenvalue weighted by Gasteiger charge is -2.20. The molecular weight excluding hydrogens is 381 g/mol. The quantitative estimate of drug-likeness (QED) is 0.704. The van der Waals surface area contributed by atoms with Crippen LogP contribution >= 0.6 is 11.6 Å². The van der Waals surface area contributed by atoms with Crippen LogP contribution in [0.5, 0.6) is 0 Å². The summed E-state index contributed by atoms with van der Waals surface area (Å²) in [6.07, 6.45) is 0. The second kappa shape index (κ2) is 10.2. The molecule has 28 heavy (non-hydrogen) atoms. The molecule has 150 valence electrons. The van der Waals surface area contributed by atoms with E-state index in [1.165, 1.54) is 12.1 Å². The van der Waals surface area contributed by atoms with Crippen molar-refractivity contribution in [2.24, 2.45) is 0 Å². The molecule has 2 amide bonds. The number of nitrogens with one attached hydrogen (secondary N) is 2. The summed E-state index contributed by atoms with van der Waals surface area (Å²) >= 11 is 6.23. The van der Waals surface area contributed by atoms with Gasteiger partial charge in [0.05, 0.1) is 23.8 Å². The second-order valence-electron chi connectivity index (χ2n) is 6.69. The van der Waals surface area contributed by atoms with E-state index in [4.69, 9.17) is 11.6 Å². The van der Waals surface area contributed by atoms with Crippen molar-refractivity contribution >= 4 is 29.1 Å². The van der Waals surface area contributed by atoms with Gasteiger partial charge in [-0.1, -0.05) is 36.7 Å². The molecule has 5 nitrogen and oxygen atoms in total. The van der Waals surface area contributed by atoms with E-state index in [1.54, 1.807) is 23.1 Å². The molecule has 2 rings (SSSR count). The Morgan fingerprint density at radius 3 is 2.32 bits per heavy atom. The summed E-state index contributed by atoms with van der Waals surface area (Å²) < 4.78 is 12.9. The molecule has 0 aliphatic heterocycles. The highest BCUT2D eigenvalue weighted by molar-refractivity contribution is 6.34. The number of carbonyl (C=O) groups excluding carboxylic acids is 2. The van der Waals surface area contributed by atoms with E-state index in [0.717, 1.165) is 16.7 Å². The zero-order valence-electron chi connectivity index (χ0n) is 16.3. The van der Waals surface area contributed by atoms with Gasteiger partial charge in [0, 0.05) is 6.54 Å². The van der Waals surface area contributed by atoms with Gasteiger partial charge in [-0.25, -0.2) is 4.39 Å². The minimum Gasteiger partial charge on any atom is -0.351 e. The Bertz CT molecular complexity index is 817. The van der Waals surface area contributed by atoms with Crippen LogP contribution in [0, 0.1) is 19.7 Å². The molecule has 2 aromatic carbocycles. The van der Waals surface area contributed by atoms with Crippen molar-refractivity contribution in [3.05, 3.63) is 63.9 Å². The maximum absolute atomic E-state index is 12.9. The van der Waals surface area contributed by atoms with Gasteiger partial charge in [0.2, 0.25) is 11.8 Å². The van der Waals surface area contributed by atoms with Gasteiger partial charge in [-0.3, -0.25) is 14.5 Å². The fourth-order valence-electron chi connectivity index (χ4n) is 2.80. The average molecular weight is 406 g/mol. The fourth-order valence-corrected chi connectivity index (χ4v) is 3.17. The summed E-state index contributed by atoms with van der Waals surface area (Å²) in [7, 11) is 0. The van der Waals surface area contributed by atoms with E-state index in [2.05, 4.69) is 10.6 Å². The number of hydrogen-bond acceptors (Lipinski definition) is 3. The number of amides is 2. The highest BCUT2D eigenvalue weighted by atomic mass is 35.5. The smallest absolute Gasteiger partial charge is 0.238 e. The van der Waals surface area contributed by atoms with E-state index < -0.39 is 0 Å². The first-order chi connectivity index (χ1) is 13.3. The van der Waals surface area contributed by atoms with Crippen LogP contribution in [0.2, 0.25) is 5.02 Å². The Kier molecular flexibility index (Phi) is 7.96. The number of rotatable bonds is 8. The number of aryl methyl sites for hydroxylation is 2. The summed E-state index contributed by atoms with van der Waals surface area (Å²) in [6, 6.07) is 9.68. The Morgan fingerprint density at radius 2 is 1.71 bits per heavy atom. The zero-order chi connectivity index (χ0) is 20.7. The number of halogens is 2. The Morgan fingerprint density at radius 1 is 1.07 bits per heavy atom. The maximum atomic E-state index is 12.9. The molecule has 0 fully saturated rings. The molecule has 0 atom stereocenters. The Labute approximate surface area is 169 Å². The van der Waals surface area contributed by atoms with Gasteiger partial charge in [0.15, 0.2) is 0 Å². The van der Waals surface area contributed by atoms with Crippen molar-refractivity contribution in [3.8, 4) is 0 Å². The first-order valence-electron chi connectivity index (χ1n) is 9.08. The molecule has 0 saturated heterocycles. The van der Waals surface area contributed by atoms with Gasteiger partial charge in [0.25, 0.3) is 0 Å². The van der Waals surface area contributed by atoms with E-state index in [0.29, 0.717) is 23.8 Å². The number of hydrogen-bond donors (Lipinski definition) is 2.